The van der Waals surface area contributed by atoms with Crippen LogP contribution >= 0.6 is 11.6 Å². The Kier molecular flexibility index (Phi) is 4.12. The molecule has 100 valence electrons. The van der Waals surface area contributed by atoms with Crippen molar-refractivity contribution in [3.8, 4) is 0 Å². The molecule has 0 radical (unpaired) electrons. The largest absolute Gasteiger partial charge is 0.572 e. The van der Waals surface area contributed by atoms with Gasteiger partial charge in [0.25, 0.3) is 0 Å². The van der Waals surface area contributed by atoms with Gasteiger partial charge in [-0.25, -0.2) is 8.42 Å². The monoisotopic (exact) mass is 294 g/mol. The summed E-state index contributed by atoms with van der Waals surface area (Å²) in [5.41, 5.74) is 1.39. The van der Waals surface area contributed by atoms with E-state index in [9.17, 15) is 8.42 Å². The zero-order chi connectivity index (χ0) is 13.9. The van der Waals surface area contributed by atoms with Crippen LogP contribution in [0.4, 0.5) is 5.69 Å². The van der Waals surface area contributed by atoms with Crippen LogP contribution in [0.15, 0.2) is 53.4 Å². The topological polar surface area (TPSA) is 48.2 Å². The molecule has 0 amide bonds. The number of rotatable bonds is 4. The summed E-state index contributed by atoms with van der Waals surface area (Å²) in [5, 5.41) is 0.493. The Morgan fingerprint density at radius 2 is 1.68 bits per heavy atom. The average molecular weight is 295 g/mol. The molecule has 0 saturated carbocycles. The third kappa shape index (κ3) is 3.28. The first kappa shape index (κ1) is 13.9. The van der Waals surface area contributed by atoms with Crippen molar-refractivity contribution in [3.05, 3.63) is 63.8 Å². The van der Waals surface area contributed by atoms with Gasteiger partial charge in [0.2, 0.25) is 0 Å². The molecule has 2 rings (SSSR count). The van der Waals surface area contributed by atoms with Crippen LogP contribution in [0.25, 0.3) is 4.72 Å². The Labute approximate surface area is 118 Å². The van der Waals surface area contributed by atoms with E-state index in [4.69, 9.17) is 11.6 Å². The molecule has 0 fully saturated rings. The second kappa shape index (κ2) is 5.63. The summed E-state index contributed by atoms with van der Waals surface area (Å²) in [6, 6.07) is 13.2. The van der Waals surface area contributed by atoms with Crippen molar-refractivity contribution >= 4 is 27.3 Å². The van der Waals surface area contributed by atoms with Gasteiger partial charge in [-0.1, -0.05) is 48.4 Å². The standard InChI is InChI=1S/C14H13ClNO2S/c1-2-11-5-3-4-6-14(11)16-19(17,18)13-9-7-12(15)8-10-13/h3-10H,2H2,1H3/q-1. The molecule has 0 N–H and O–H groups in total. The molecule has 2 aromatic rings. The average Bonchev–Trinajstić information content (AvgIpc) is 2.39. The second-order valence-corrected chi connectivity index (χ2v) is 6.04. The highest BCUT2D eigenvalue weighted by Crippen LogP contribution is 2.31. The maximum Gasteiger partial charge on any atom is 0.123 e. The van der Waals surface area contributed by atoms with E-state index in [2.05, 4.69) is 4.72 Å². The Balaban J connectivity index is 2.34. The van der Waals surface area contributed by atoms with Gasteiger partial charge in [-0.05, 0) is 30.7 Å². The lowest BCUT2D eigenvalue weighted by Crippen LogP contribution is -1.98. The highest BCUT2D eigenvalue weighted by atomic mass is 35.5. The molecule has 0 aliphatic heterocycles. The quantitative estimate of drug-likeness (QED) is 0.844. The zero-order valence-electron chi connectivity index (χ0n) is 10.4. The smallest absolute Gasteiger partial charge is 0.123 e. The van der Waals surface area contributed by atoms with E-state index in [0.29, 0.717) is 10.7 Å². The van der Waals surface area contributed by atoms with Crippen molar-refractivity contribution in [2.45, 2.75) is 18.2 Å². The number of nitrogens with zero attached hydrogens (tertiary/aromatic N) is 1. The summed E-state index contributed by atoms with van der Waals surface area (Å²) in [7, 11) is -3.70. The molecule has 0 aromatic heterocycles. The normalized spacial score (nSPS) is 11.3. The first-order chi connectivity index (χ1) is 9.03. The van der Waals surface area contributed by atoms with Gasteiger partial charge in [0.05, 0.1) is 4.90 Å². The number of benzene rings is 2. The van der Waals surface area contributed by atoms with Crippen LogP contribution in [0.2, 0.25) is 5.02 Å². The molecule has 0 atom stereocenters. The number of sulfonamides is 1. The summed E-state index contributed by atoms with van der Waals surface area (Å²) in [6.45, 7) is 1.96. The van der Waals surface area contributed by atoms with E-state index in [1.807, 2.05) is 19.1 Å². The van der Waals surface area contributed by atoms with E-state index >= 15 is 0 Å². The minimum Gasteiger partial charge on any atom is -0.572 e. The molecule has 0 saturated heterocycles. The maximum atomic E-state index is 12.2. The summed E-state index contributed by atoms with van der Waals surface area (Å²) in [6.07, 6.45) is 0.732. The number of aryl methyl sites for hydroxylation is 1. The van der Waals surface area contributed by atoms with Gasteiger partial charge in [0.15, 0.2) is 0 Å². The first-order valence-electron chi connectivity index (χ1n) is 5.84. The maximum absolute atomic E-state index is 12.2. The molecule has 0 unspecified atom stereocenters. The predicted molar refractivity (Wildman–Crippen MR) is 77.5 cm³/mol. The molecule has 19 heavy (non-hydrogen) atoms. The fraction of sp³-hybridized carbons (Fsp3) is 0.143. The van der Waals surface area contributed by atoms with Gasteiger partial charge in [-0.2, -0.15) is 0 Å². The molecule has 3 nitrogen and oxygen atoms in total. The van der Waals surface area contributed by atoms with Crippen LogP contribution < -0.4 is 0 Å². The third-order valence-corrected chi connectivity index (χ3v) is 4.26. The van der Waals surface area contributed by atoms with E-state index in [-0.39, 0.29) is 4.90 Å². The van der Waals surface area contributed by atoms with Gasteiger partial charge in [0.1, 0.15) is 10.0 Å². The Hall–Kier alpha value is -1.52. The van der Waals surface area contributed by atoms with Crippen LogP contribution in [-0.4, -0.2) is 8.42 Å². The van der Waals surface area contributed by atoms with Crippen molar-refractivity contribution in [3.63, 3.8) is 0 Å². The van der Waals surface area contributed by atoms with Crippen molar-refractivity contribution < 1.29 is 8.42 Å². The van der Waals surface area contributed by atoms with E-state index in [0.717, 1.165) is 12.0 Å². The Morgan fingerprint density at radius 1 is 1.05 bits per heavy atom. The van der Waals surface area contributed by atoms with Crippen molar-refractivity contribution in [2.75, 3.05) is 0 Å². The molecule has 0 aliphatic carbocycles. The fourth-order valence-corrected chi connectivity index (χ4v) is 2.84. The predicted octanol–water partition coefficient (Wildman–Crippen LogP) is 4.30. The molecule has 0 heterocycles. The number of hydrogen-bond donors (Lipinski definition) is 0. The van der Waals surface area contributed by atoms with Crippen LogP contribution in [0.5, 0.6) is 0 Å². The van der Waals surface area contributed by atoms with Gasteiger partial charge >= 0.3 is 0 Å². The third-order valence-electron chi connectivity index (χ3n) is 2.70. The summed E-state index contributed by atoms with van der Waals surface area (Å²) < 4.78 is 28.2. The Morgan fingerprint density at radius 3 is 2.32 bits per heavy atom. The highest BCUT2D eigenvalue weighted by molar-refractivity contribution is 7.94. The van der Waals surface area contributed by atoms with Gasteiger partial charge in [0, 0.05) is 5.02 Å². The molecular weight excluding hydrogens is 282 g/mol. The van der Waals surface area contributed by atoms with Crippen LogP contribution in [-0.2, 0) is 16.4 Å². The SMILES string of the molecule is CCc1ccccc1[N-]S(=O)(=O)c1ccc(Cl)cc1. The lowest BCUT2D eigenvalue weighted by atomic mass is 10.1. The zero-order valence-corrected chi connectivity index (χ0v) is 11.9. The number of halogens is 1. The lowest BCUT2D eigenvalue weighted by Gasteiger charge is -2.24. The summed E-state index contributed by atoms with van der Waals surface area (Å²) >= 11 is 5.74. The van der Waals surface area contributed by atoms with E-state index < -0.39 is 10.0 Å². The molecular formula is C14H13ClNO2S-. The molecule has 0 aliphatic rings. The van der Waals surface area contributed by atoms with Gasteiger partial charge in [-0.3, -0.25) is 0 Å². The summed E-state index contributed by atoms with van der Waals surface area (Å²) in [4.78, 5) is 0.141. The summed E-state index contributed by atoms with van der Waals surface area (Å²) in [5.74, 6) is 0. The second-order valence-electron chi connectivity index (χ2n) is 4.00. The minimum atomic E-state index is -3.70. The van der Waals surface area contributed by atoms with Gasteiger partial charge < -0.3 is 4.72 Å². The first-order valence-corrected chi connectivity index (χ1v) is 7.66. The van der Waals surface area contributed by atoms with Crippen molar-refractivity contribution in [1.29, 1.82) is 0 Å². The lowest BCUT2D eigenvalue weighted by molar-refractivity contribution is 0.603. The minimum absolute atomic E-state index is 0.141. The van der Waals surface area contributed by atoms with Crippen molar-refractivity contribution in [1.82, 2.24) is 0 Å². The van der Waals surface area contributed by atoms with Crippen molar-refractivity contribution in [2.24, 2.45) is 0 Å². The van der Waals surface area contributed by atoms with Crippen LogP contribution in [0.3, 0.4) is 0 Å². The van der Waals surface area contributed by atoms with E-state index in [1.54, 1.807) is 12.1 Å². The van der Waals surface area contributed by atoms with E-state index in [1.165, 1.54) is 24.3 Å². The molecule has 0 spiro atoms. The fourth-order valence-electron chi connectivity index (χ4n) is 1.69. The molecule has 5 heteroatoms. The number of hydrogen-bond acceptors (Lipinski definition) is 2. The van der Waals surface area contributed by atoms with Crippen LogP contribution in [0, 0.1) is 0 Å². The molecule has 2 aromatic carbocycles. The molecule has 0 bridgehead atoms. The van der Waals surface area contributed by atoms with Crippen LogP contribution in [0.1, 0.15) is 12.5 Å². The Bertz CT molecular complexity index is 666. The van der Waals surface area contributed by atoms with Gasteiger partial charge in [-0.15, -0.1) is 5.69 Å². The highest BCUT2D eigenvalue weighted by Gasteiger charge is 2.05.